The molecule has 0 unspecified atom stereocenters. The summed E-state index contributed by atoms with van der Waals surface area (Å²) < 4.78 is 0. The molecule has 0 heterocycles. The fraction of sp³-hybridized carbons (Fsp3) is 0.429. The fourth-order valence-corrected chi connectivity index (χ4v) is 3.64. The van der Waals surface area contributed by atoms with Crippen molar-refractivity contribution in [3.8, 4) is 0 Å². The highest BCUT2D eigenvalue weighted by atomic mass is 16.3. The van der Waals surface area contributed by atoms with Crippen LogP contribution >= 0.6 is 0 Å². The molecule has 0 radical (unpaired) electrons. The Morgan fingerprint density at radius 3 is 1.65 bits per heavy atom. The zero-order valence-electron chi connectivity index (χ0n) is 13.8. The Balaban J connectivity index is 1.70. The number of hydrogen-bond donors (Lipinski definition) is 1. The van der Waals surface area contributed by atoms with Gasteiger partial charge in [-0.15, -0.1) is 0 Å². The van der Waals surface area contributed by atoms with Crippen LogP contribution in [0.2, 0.25) is 0 Å². The van der Waals surface area contributed by atoms with E-state index in [1.54, 1.807) is 0 Å². The zero-order valence-corrected chi connectivity index (χ0v) is 13.8. The lowest BCUT2D eigenvalue weighted by Gasteiger charge is -2.36. The molecule has 2 aromatic carbocycles. The summed E-state index contributed by atoms with van der Waals surface area (Å²) in [5.74, 6) is 0.515. The predicted octanol–water partition coefficient (Wildman–Crippen LogP) is 4.24. The van der Waals surface area contributed by atoms with Gasteiger partial charge in [0, 0.05) is 25.7 Å². The molecule has 1 saturated carbocycles. The van der Waals surface area contributed by atoms with E-state index in [1.165, 1.54) is 24.0 Å². The van der Waals surface area contributed by atoms with Gasteiger partial charge in [0.25, 0.3) is 0 Å². The molecule has 0 aliphatic heterocycles. The molecule has 2 heteroatoms. The van der Waals surface area contributed by atoms with Crippen molar-refractivity contribution in [2.75, 3.05) is 6.61 Å². The first-order valence-corrected chi connectivity index (χ1v) is 8.78. The molecule has 1 aliphatic rings. The molecule has 1 aliphatic carbocycles. The van der Waals surface area contributed by atoms with Crippen LogP contribution in [-0.4, -0.2) is 22.7 Å². The summed E-state index contributed by atoms with van der Waals surface area (Å²) >= 11 is 0. The Kier molecular flexibility index (Phi) is 5.84. The third-order valence-electron chi connectivity index (χ3n) is 5.05. The first-order chi connectivity index (χ1) is 11.3. The van der Waals surface area contributed by atoms with E-state index in [4.69, 9.17) is 0 Å². The summed E-state index contributed by atoms with van der Waals surface area (Å²) in [5, 5.41) is 9.37. The summed E-state index contributed by atoms with van der Waals surface area (Å²) in [4.78, 5) is 2.62. The summed E-state index contributed by atoms with van der Waals surface area (Å²) in [6.45, 7) is 2.36. The highest BCUT2D eigenvalue weighted by molar-refractivity contribution is 5.17. The smallest absolute Gasteiger partial charge is 0.0459 e. The standard InChI is InChI=1S/C21H27NO/c23-17-20-11-13-21(14-12-20)22(15-18-7-3-1-4-8-18)16-19-9-5-2-6-10-19/h1-10,20-21,23H,11-17H2. The normalized spacial score (nSPS) is 21.5. The van der Waals surface area contributed by atoms with E-state index in [9.17, 15) is 5.11 Å². The molecule has 0 saturated heterocycles. The number of benzene rings is 2. The number of rotatable bonds is 6. The van der Waals surface area contributed by atoms with Crippen LogP contribution in [0.4, 0.5) is 0 Å². The van der Waals surface area contributed by atoms with Crippen molar-refractivity contribution >= 4 is 0 Å². The lowest BCUT2D eigenvalue weighted by atomic mass is 9.85. The molecule has 2 nitrogen and oxygen atoms in total. The van der Waals surface area contributed by atoms with E-state index >= 15 is 0 Å². The van der Waals surface area contributed by atoms with Crippen LogP contribution < -0.4 is 0 Å². The molecule has 1 N–H and O–H groups in total. The Morgan fingerprint density at radius 2 is 1.22 bits per heavy atom. The average molecular weight is 309 g/mol. The molecule has 23 heavy (non-hydrogen) atoms. The van der Waals surface area contributed by atoms with E-state index in [0.717, 1.165) is 25.9 Å². The van der Waals surface area contributed by atoms with Crippen LogP contribution in [0.3, 0.4) is 0 Å². The van der Waals surface area contributed by atoms with E-state index in [1.807, 2.05) is 0 Å². The van der Waals surface area contributed by atoms with Crippen LogP contribution in [0, 0.1) is 5.92 Å². The van der Waals surface area contributed by atoms with Crippen LogP contribution in [0.1, 0.15) is 36.8 Å². The van der Waals surface area contributed by atoms with Gasteiger partial charge in [-0.05, 0) is 42.7 Å². The van der Waals surface area contributed by atoms with Gasteiger partial charge in [-0.2, -0.15) is 0 Å². The Morgan fingerprint density at radius 1 is 0.739 bits per heavy atom. The van der Waals surface area contributed by atoms with Crippen molar-refractivity contribution in [1.29, 1.82) is 0 Å². The topological polar surface area (TPSA) is 23.5 Å². The third-order valence-corrected chi connectivity index (χ3v) is 5.05. The molecule has 0 spiro atoms. The van der Waals surface area contributed by atoms with Gasteiger partial charge in [0.05, 0.1) is 0 Å². The molecule has 3 rings (SSSR count). The highest BCUT2D eigenvalue weighted by Crippen LogP contribution is 2.29. The Bertz CT molecular complexity index is 519. The maximum absolute atomic E-state index is 9.37. The average Bonchev–Trinajstić information content (AvgIpc) is 2.63. The van der Waals surface area contributed by atoms with Gasteiger partial charge in [0.1, 0.15) is 0 Å². The van der Waals surface area contributed by atoms with Crippen molar-refractivity contribution < 1.29 is 5.11 Å². The van der Waals surface area contributed by atoms with Gasteiger partial charge in [0.15, 0.2) is 0 Å². The minimum Gasteiger partial charge on any atom is -0.396 e. The van der Waals surface area contributed by atoms with E-state index in [-0.39, 0.29) is 0 Å². The molecule has 1 fully saturated rings. The monoisotopic (exact) mass is 309 g/mol. The largest absolute Gasteiger partial charge is 0.396 e. The van der Waals surface area contributed by atoms with E-state index in [0.29, 0.717) is 18.6 Å². The number of nitrogens with zero attached hydrogens (tertiary/aromatic N) is 1. The quantitative estimate of drug-likeness (QED) is 0.862. The number of aliphatic hydroxyl groups is 1. The molecular weight excluding hydrogens is 282 g/mol. The maximum Gasteiger partial charge on any atom is 0.0459 e. The van der Waals surface area contributed by atoms with Crippen LogP contribution in [0.15, 0.2) is 60.7 Å². The second-order valence-corrected chi connectivity index (χ2v) is 6.73. The molecule has 0 aromatic heterocycles. The van der Waals surface area contributed by atoms with Gasteiger partial charge < -0.3 is 5.11 Å². The number of hydrogen-bond acceptors (Lipinski definition) is 2. The van der Waals surface area contributed by atoms with Gasteiger partial charge >= 0.3 is 0 Å². The zero-order chi connectivity index (χ0) is 15.9. The molecule has 2 aromatic rings. The first-order valence-electron chi connectivity index (χ1n) is 8.78. The molecule has 122 valence electrons. The molecule has 0 amide bonds. The summed E-state index contributed by atoms with van der Waals surface area (Å²) in [7, 11) is 0. The van der Waals surface area contributed by atoms with Crippen molar-refractivity contribution in [2.45, 2.75) is 44.8 Å². The lowest BCUT2D eigenvalue weighted by Crippen LogP contribution is -2.37. The van der Waals surface area contributed by atoms with E-state index in [2.05, 4.69) is 65.6 Å². The third kappa shape index (κ3) is 4.66. The van der Waals surface area contributed by atoms with Crippen molar-refractivity contribution in [3.05, 3.63) is 71.8 Å². The minimum atomic E-state index is 0.351. The second-order valence-electron chi connectivity index (χ2n) is 6.73. The van der Waals surface area contributed by atoms with Gasteiger partial charge in [-0.25, -0.2) is 0 Å². The van der Waals surface area contributed by atoms with Crippen LogP contribution in [0.5, 0.6) is 0 Å². The van der Waals surface area contributed by atoms with Crippen molar-refractivity contribution in [1.82, 2.24) is 4.90 Å². The fourth-order valence-electron chi connectivity index (χ4n) is 3.64. The minimum absolute atomic E-state index is 0.351. The van der Waals surface area contributed by atoms with E-state index < -0.39 is 0 Å². The van der Waals surface area contributed by atoms with Crippen LogP contribution in [-0.2, 0) is 13.1 Å². The summed E-state index contributed by atoms with van der Waals surface area (Å²) in [5.41, 5.74) is 2.76. The summed E-state index contributed by atoms with van der Waals surface area (Å²) in [6, 6.07) is 22.2. The highest BCUT2D eigenvalue weighted by Gasteiger charge is 2.25. The Labute approximate surface area is 139 Å². The van der Waals surface area contributed by atoms with Crippen LogP contribution in [0.25, 0.3) is 0 Å². The molecular formula is C21H27NO. The Hall–Kier alpha value is -1.64. The number of aliphatic hydroxyl groups excluding tert-OH is 1. The molecule has 0 atom stereocenters. The first kappa shape index (κ1) is 16.2. The van der Waals surface area contributed by atoms with Crippen molar-refractivity contribution in [3.63, 3.8) is 0 Å². The maximum atomic E-state index is 9.37. The molecule has 0 bridgehead atoms. The summed E-state index contributed by atoms with van der Waals surface area (Å²) in [6.07, 6.45) is 4.71. The second kappa shape index (κ2) is 8.28. The SMILES string of the molecule is OCC1CCC(N(Cc2ccccc2)Cc2ccccc2)CC1. The van der Waals surface area contributed by atoms with Gasteiger partial charge in [0.2, 0.25) is 0 Å². The van der Waals surface area contributed by atoms with Gasteiger partial charge in [-0.1, -0.05) is 60.7 Å². The predicted molar refractivity (Wildman–Crippen MR) is 95.0 cm³/mol. The lowest BCUT2D eigenvalue weighted by molar-refractivity contribution is 0.0997. The van der Waals surface area contributed by atoms with Gasteiger partial charge in [-0.3, -0.25) is 4.90 Å². The van der Waals surface area contributed by atoms with Crippen molar-refractivity contribution in [2.24, 2.45) is 5.92 Å².